The van der Waals surface area contributed by atoms with Crippen LogP contribution in [-0.4, -0.2) is 25.4 Å². The Labute approximate surface area is 166 Å². The van der Waals surface area contributed by atoms with Gasteiger partial charge in [0.2, 0.25) is 0 Å². The molecule has 28 heavy (non-hydrogen) atoms. The second-order valence-corrected chi connectivity index (χ2v) is 7.12. The van der Waals surface area contributed by atoms with E-state index in [1.165, 1.54) is 6.26 Å². The van der Waals surface area contributed by atoms with E-state index in [9.17, 15) is 4.79 Å². The minimum absolute atomic E-state index is 0.273. The fourth-order valence-electron chi connectivity index (χ4n) is 2.95. The Morgan fingerprint density at radius 3 is 2.89 bits per heavy atom. The largest absolute Gasteiger partial charge is 0.459 e. The highest BCUT2D eigenvalue weighted by molar-refractivity contribution is 7.98. The number of hydrogen-bond donors (Lipinski definition) is 1. The number of furan rings is 1. The third-order valence-corrected chi connectivity index (χ3v) is 5.11. The minimum Gasteiger partial charge on any atom is -0.459 e. The monoisotopic (exact) mass is 393 g/mol. The Morgan fingerprint density at radius 1 is 1.25 bits per heavy atom. The van der Waals surface area contributed by atoms with Crippen molar-refractivity contribution in [2.45, 2.75) is 31.3 Å². The fraction of sp³-hybridized carbons (Fsp3) is 0.200. The molecule has 7 nitrogen and oxygen atoms in total. The number of hydrogen-bond acceptors (Lipinski definition) is 6. The third-order valence-electron chi connectivity index (χ3n) is 4.25. The number of aromatic nitrogens is 4. The summed E-state index contributed by atoms with van der Waals surface area (Å²) in [6.45, 7) is 4.84. The molecule has 0 saturated carbocycles. The van der Waals surface area contributed by atoms with Crippen molar-refractivity contribution in [2.24, 2.45) is 0 Å². The van der Waals surface area contributed by atoms with Crippen molar-refractivity contribution in [1.82, 2.24) is 19.5 Å². The van der Waals surface area contributed by atoms with E-state index < -0.39 is 0 Å². The summed E-state index contributed by atoms with van der Waals surface area (Å²) in [5.74, 6) is 1.60. The first-order valence-corrected chi connectivity index (χ1v) is 9.89. The molecule has 0 aliphatic rings. The lowest BCUT2D eigenvalue weighted by Gasteiger charge is -2.06. The number of carbonyl (C=O) groups excluding carboxylic acids is 1. The van der Waals surface area contributed by atoms with Crippen LogP contribution < -0.4 is 5.32 Å². The molecule has 0 atom stereocenters. The zero-order valence-corrected chi connectivity index (χ0v) is 16.4. The van der Waals surface area contributed by atoms with Crippen LogP contribution in [0.3, 0.4) is 0 Å². The smallest absolute Gasteiger partial charge is 0.291 e. The van der Waals surface area contributed by atoms with Crippen molar-refractivity contribution in [1.29, 1.82) is 0 Å². The Kier molecular flexibility index (Phi) is 5.12. The second kappa shape index (κ2) is 7.85. The number of amides is 1. The average Bonchev–Trinajstić information content (AvgIpc) is 3.33. The number of thioether (sulfide) groups is 1. The van der Waals surface area contributed by atoms with Gasteiger partial charge >= 0.3 is 0 Å². The normalized spacial score (nSPS) is 11.1. The fourth-order valence-corrected chi connectivity index (χ4v) is 3.77. The van der Waals surface area contributed by atoms with Gasteiger partial charge in [0, 0.05) is 24.1 Å². The number of benzene rings is 1. The molecule has 4 aromatic rings. The first-order valence-electron chi connectivity index (χ1n) is 8.90. The van der Waals surface area contributed by atoms with E-state index in [4.69, 9.17) is 9.40 Å². The van der Waals surface area contributed by atoms with Crippen molar-refractivity contribution in [3.8, 4) is 0 Å². The average molecular weight is 393 g/mol. The van der Waals surface area contributed by atoms with Crippen LogP contribution in [0.4, 0.5) is 5.69 Å². The Balaban J connectivity index is 1.57. The van der Waals surface area contributed by atoms with Crippen molar-refractivity contribution in [3.05, 3.63) is 66.1 Å². The molecule has 0 spiro atoms. The summed E-state index contributed by atoms with van der Waals surface area (Å²) in [6.07, 6.45) is 3.24. The van der Waals surface area contributed by atoms with Crippen LogP contribution in [0.15, 0.2) is 58.4 Å². The molecular formula is C20H19N5O2S. The summed E-state index contributed by atoms with van der Waals surface area (Å²) >= 11 is 1.56. The number of imidazole rings is 1. The van der Waals surface area contributed by atoms with Crippen LogP contribution >= 0.6 is 11.8 Å². The van der Waals surface area contributed by atoms with Crippen LogP contribution in [0.1, 0.15) is 29.0 Å². The standard InChI is InChI=1S/C20H19N5O2S/c1-3-25-16-7-6-14(23-19(26)17-5-4-10-27-17)11-15(16)24-18(25)12-28-20-21-9-8-13(2)22-20/h4-11H,3,12H2,1-2H3,(H,23,26). The van der Waals surface area contributed by atoms with E-state index in [-0.39, 0.29) is 11.7 Å². The van der Waals surface area contributed by atoms with Crippen molar-refractivity contribution >= 4 is 34.4 Å². The number of nitrogens with one attached hydrogen (secondary N) is 1. The summed E-state index contributed by atoms with van der Waals surface area (Å²) < 4.78 is 7.29. The minimum atomic E-state index is -0.286. The first-order chi connectivity index (χ1) is 13.6. The topological polar surface area (TPSA) is 85.8 Å². The number of rotatable bonds is 6. The van der Waals surface area contributed by atoms with E-state index in [0.717, 1.165) is 34.3 Å². The van der Waals surface area contributed by atoms with Gasteiger partial charge in [-0.15, -0.1) is 0 Å². The molecule has 142 valence electrons. The van der Waals surface area contributed by atoms with Gasteiger partial charge in [0.05, 0.1) is 23.0 Å². The number of anilines is 1. The summed E-state index contributed by atoms with van der Waals surface area (Å²) in [4.78, 5) is 25.7. The van der Waals surface area contributed by atoms with E-state index >= 15 is 0 Å². The molecular weight excluding hydrogens is 374 g/mol. The van der Waals surface area contributed by atoms with Crippen LogP contribution in [0, 0.1) is 6.92 Å². The number of aryl methyl sites for hydroxylation is 2. The highest BCUT2D eigenvalue weighted by Crippen LogP contribution is 2.25. The third kappa shape index (κ3) is 3.77. The van der Waals surface area contributed by atoms with Gasteiger partial charge in [0.1, 0.15) is 5.82 Å². The van der Waals surface area contributed by atoms with Crippen LogP contribution in [0.5, 0.6) is 0 Å². The number of nitrogens with zero attached hydrogens (tertiary/aromatic N) is 4. The molecule has 0 bridgehead atoms. The Bertz CT molecular complexity index is 1120. The first kappa shape index (κ1) is 18.2. The molecule has 0 aliphatic carbocycles. The summed E-state index contributed by atoms with van der Waals surface area (Å²) in [6, 6.07) is 10.9. The highest BCUT2D eigenvalue weighted by atomic mass is 32.2. The van der Waals surface area contributed by atoms with Gasteiger partial charge in [-0.3, -0.25) is 4.79 Å². The number of fused-ring (bicyclic) bond motifs is 1. The van der Waals surface area contributed by atoms with E-state index in [1.807, 2.05) is 31.2 Å². The molecule has 3 heterocycles. The lowest BCUT2D eigenvalue weighted by atomic mass is 10.2. The molecule has 1 aromatic carbocycles. The molecule has 1 N–H and O–H groups in total. The van der Waals surface area contributed by atoms with Gasteiger partial charge in [-0.1, -0.05) is 11.8 Å². The lowest BCUT2D eigenvalue weighted by molar-refractivity contribution is 0.0996. The zero-order chi connectivity index (χ0) is 19.5. The molecule has 0 saturated heterocycles. The zero-order valence-electron chi connectivity index (χ0n) is 15.5. The molecule has 1 amide bonds. The van der Waals surface area contributed by atoms with Gasteiger partial charge in [0.15, 0.2) is 10.9 Å². The molecule has 0 aliphatic heterocycles. The van der Waals surface area contributed by atoms with Gasteiger partial charge in [-0.2, -0.15) is 0 Å². The van der Waals surface area contributed by atoms with Gasteiger partial charge in [0.25, 0.3) is 5.91 Å². The maximum absolute atomic E-state index is 12.2. The highest BCUT2D eigenvalue weighted by Gasteiger charge is 2.13. The van der Waals surface area contributed by atoms with Crippen LogP contribution in [-0.2, 0) is 12.3 Å². The molecule has 4 rings (SSSR count). The molecule has 3 aromatic heterocycles. The van der Waals surface area contributed by atoms with Crippen LogP contribution in [0.2, 0.25) is 0 Å². The quantitative estimate of drug-likeness (QED) is 0.388. The van der Waals surface area contributed by atoms with Crippen molar-refractivity contribution < 1.29 is 9.21 Å². The lowest BCUT2D eigenvalue weighted by Crippen LogP contribution is -2.10. The van der Waals surface area contributed by atoms with Crippen molar-refractivity contribution in [3.63, 3.8) is 0 Å². The predicted octanol–water partition coefficient (Wildman–Crippen LogP) is 4.29. The summed E-state index contributed by atoms with van der Waals surface area (Å²) in [5.41, 5.74) is 3.48. The SMILES string of the molecule is CCn1c(CSc2nccc(C)n2)nc2cc(NC(=O)c3ccco3)ccc21. The van der Waals surface area contributed by atoms with Gasteiger partial charge in [-0.25, -0.2) is 15.0 Å². The Morgan fingerprint density at radius 2 is 2.14 bits per heavy atom. The van der Waals surface area contributed by atoms with Crippen molar-refractivity contribution in [2.75, 3.05) is 5.32 Å². The Hall–Kier alpha value is -3.13. The maximum atomic E-state index is 12.2. The molecule has 8 heteroatoms. The van der Waals surface area contributed by atoms with Gasteiger partial charge < -0.3 is 14.3 Å². The molecule has 0 radical (unpaired) electrons. The van der Waals surface area contributed by atoms with Crippen LogP contribution in [0.25, 0.3) is 11.0 Å². The van der Waals surface area contributed by atoms with E-state index in [2.05, 4.69) is 26.8 Å². The summed E-state index contributed by atoms with van der Waals surface area (Å²) in [7, 11) is 0. The number of carbonyl (C=O) groups is 1. The molecule has 0 fully saturated rings. The second-order valence-electron chi connectivity index (χ2n) is 6.18. The van der Waals surface area contributed by atoms with Gasteiger partial charge in [-0.05, 0) is 50.2 Å². The van der Waals surface area contributed by atoms with E-state index in [0.29, 0.717) is 11.4 Å². The maximum Gasteiger partial charge on any atom is 0.291 e. The molecule has 0 unspecified atom stereocenters. The van der Waals surface area contributed by atoms with E-state index in [1.54, 1.807) is 30.1 Å². The predicted molar refractivity (Wildman–Crippen MR) is 108 cm³/mol. The summed E-state index contributed by atoms with van der Waals surface area (Å²) in [5, 5.41) is 3.58.